The van der Waals surface area contributed by atoms with E-state index >= 15 is 0 Å². The molecule has 0 N–H and O–H groups in total. The van der Waals surface area contributed by atoms with Crippen LogP contribution in [0.25, 0.3) is 0 Å². The van der Waals surface area contributed by atoms with E-state index in [1.54, 1.807) is 27.7 Å². The third-order valence-electron chi connectivity index (χ3n) is 7.03. The van der Waals surface area contributed by atoms with E-state index in [1.165, 1.54) is 36.3 Å². The second-order valence-corrected chi connectivity index (χ2v) is 9.71. The molecule has 2 aromatic rings. The van der Waals surface area contributed by atoms with Crippen molar-refractivity contribution in [2.45, 2.75) is 39.8 Å². The summed E-state index contributed by atoms with van der Waals surface area (Å²) in [4.78, 5) is 71.0. The van der Waals surface area contributed by atoms with Gasteiger partial charge in [0.05, 0.1) is 30.2 Å². The maximum absolute atomic E-state index is 12.6. The monoisotopic (exact) mass is 586 g/mol. The molecule has 15 heteroatoms. The number of ether oxygens (including phenoxy) is 3. The molecule has 0 spiro atoms. The predicted molar refractivity (Wildman–Crippen MR) is 145 cm³/mol. The summed E-state index contributed by atoms with van der Waals surface area (Å²) in [6.07, 6.45) is 0.609. The van der Waals surface area contributed by atoms with Crippen molar-refractivity contribution in [1.29, 1.82) is 0 Å². The number of carbonyl (C=O) groups is 4. The van der Waals surface area contributed by atoms with Crippen molar-refractivity contribution in [3.63, 3.8) is 0 Å². The van der Waals surface area contributed by atoms with E-state index in [-0.39, 0.29) is 49.2 Å². The van der Waals surface area contributed by atoms with Gasteiger partial charge in [0, 0.05) is 12.1 Å². The SMILES string of the molecule is COC(=O)[C@@H]1COCN1C(=O)c1cc(C)c(C)cc1[N+](=O)[O-].Cc1cc(C(=O)N2COC[C@H]2C=O)c([N+](=O)[O-])cc1C. The van der Waals surface area contributed by atoms with Gasteiger partial charge in [-0.05, 0) is 62.1 Å². The number of aryl methyl sites for hydroxylation is 4. The molecule has 2 heterocycles. The van der Waals surface area contributed by atoms with E-state index in [2.05, 4.69) is 4.74 Å². The molecular formula is C27H30N4O11. The van der Waals surface area contributed by atoms with Gasteiger partial charge in [-0.3, -0.25) is 34.7 Å². The van der Waals surface area contributed by atoms with E-state index in [1.807, 2.05) is 0 Å². The van der Waals surface area contributed by atoms with E-state index in [0.29, 0.717) is 11.8 Å². The molecule has 0 aromatic heterocycles. The Hall–Kier alpha value is -4.76. The fourth-order valence-corrected chi connectivity index (χ4v) is 4.31. The zero-order valence-corrected chi connectivity index (χ0v) is 23.6. The molecule has 4 rings (SSSR count). The van der Waals surface area contributed by atoms with Crippen LogP contribution in [0.3, 0.4) is 0 Å². The third kappa shape index (κ3) is 6.58. The molecule has 2 fully saturated rings. The van der Waals surface area contributed by atoms with E-state index in [4.69, 9.17) is 9.47 Å². The number of hydrogen-bond acceptors (Lipinski definition) is 11. The van der Waals surface area contributed by atoms with Gasteiger partial charge >= 0.3 is 5.97 Å². The maximum Gasteiger partial charge on any atom is 0.331 e. The molecule has 2 aliphatic rings. The highest BCUT2D eigenvalue weighted by molar-refractivity contribution is 6.01. The van der Waals surface area contributed by atoms with Crippen molar-refractivity contribution >= 4 is 35.4 Å². The highest BCUT2D eigenvalue weighted by Gasteiger charge is 2.38. The minimum absolute atomic E-state index is 0.0110. The molecule has 0 unspecified atom stereocenters. The van der Waals surface area contributed by atoms with Crippen LogP contribution in [0.1, 0.15) is 43.0 Å². The van der Waals surface area contributed by atoms with Crippen LogP contribution < -0.4 is 0 Å². The molecule has 0 aliphatic carbocycles. The highest BCUT2D eigenvalue weighted by atomic mass is 16.6. The fourth-order valence-electron chi connectivity index (χ4n) is 4.31. The first-order valence-corrected chi connectivity index (χ1v) is 12.6. The number of carbonyl (C=O) groups excluding carboxylic acids is 4. The Bertz CT molecular complexity index is 1440. The molecule has 2 aromatic carbocycles. The number of hydrogen-bond donors (Lipinski definition) is 0. The predicted octanol–water partition coefficient (Wildman–Crippen LogP) is 2.39. The Labute approximate surface area is 240 Å². The molecular weight excluding hydrogens is 556 g/mol. The van der Waals surface area contributed by atoms with Gasteiger partial charge < -0.3 is 23.9 Å². The van der Waals surface area contributed by atoms with Gasteiger partial charge in [-0.15, -0.1) is 0 Å². The topological polar surface area (TPSA) is 189 Å². The second kappa shape index (κ2) is 13.3. The van der Waals surface area contributed by atoms with Gasteiger partial charge in [-0.2, -0.15) is 0 Å². The minimum Gasteiger partial charge on any atom is -0.467 e. The molecule has 2 saturated heterocycles. The summed E-state index contributed by atoms with van der Waals surface area (Å²) in [7, 11) is 1.21. The lowest BCUT2D eigenvalue weighted by atomic mass is 10.0. The molecule has 0 bridgehead atoms. The number of amides is 2. The minimum atomic E-state index is -0.890. The summed E-state index contributed by atoms with van der Waals surface area (Å²) in [5.41, 5.74) is 2.36. The van der Waals surface area contributed by atoms with Crippen molar-refractivity contribution in [2.24, 2.45) is 0 Å². The maximum atomic E-state index is 12.6. The first-order chi connectivity index (χ1) is 19.8. The van der Waals surface area contributed by atoms with Crippen LogP contribution in [-0.2, 0) is 23.8 Å². The number of nitrogens with zero attached hydrogens (tertiary/aromatic N) is 4. The summed E-state index contributed by atoms with van der Waals surface area (Å²) >= 11 is 0. The highest BCUT2D eigenvalue weighted by Crippen LogP contribution is 2.27. The number of methoxy groups -OCH3 is 1. The first-order valence-electron chi connectivity index (χ1n) is 12.6. The number of aldehydes is 1. The van der Waals surface area contributed by atoms with E-state index < -0.39 is 39.7 Å². The van der Waals surface area contributed by atoms with Crippen molar-refractivity contribution in [3.8, 4) is 0 Å². The Morgan fingerprint density at radius 1 is 0.810 bits per heavy atom. The van der Waals surface area contributed by atoms with Gasteiger partial charge in [0.15, 0.2) is 6.04 Å². The second-order valence-electron chi connectivity index (χ2n) is 9.71. The van der Waals surface area contributed by atoms with Crippen molar-refractivity contribution in [2.75, 3.05) is 33.8 Å². The molecule has 2 amide bonds. The Kier molecular flexibility index (Phi) is 10.0. The largest absolute Gasteiger partial charge is 0.467 e. The molecule has 224 valence electrons. The Morgan fingerprint density at radius 3 is 1.69 bits per heavy atom. The Balaban J connectivity index is 0.000000231. The van der Waals surface area contributed by atoms with Gasteiger partial charge in [-0.25, -0.2) is 4.79 Å². The number of nitro benzene ring substituents is 2. The van der Waals surface area contributed by atoms with Gasteiger partial charge in [0.2, 0.25) is 0 Å². The average Bonchev–Trinajstić information content (AvgIpc) is 3.64. The van der Waals surface area contributed by atoms with Crippen LogP contribution in [0, 0.1) is 47.9 Å². The average molecular weight is 587 g/mol. The summed E-state index contributed by atoms with van der Waals surface area (Å²) in [6, 6.07) is 4.09. The zero-order chi connectivity index (χ0) is 31.3. The van der Waals surface area contributed by atoms with Crippen LogP contribution >= 0.6 is 0 Å². The van der Waals surface area contributed by atoms with Crippen LogP contribution in [0.4, 0.5) is 11.4 Å². The van der Waals surface area contributed by atoms with Gasteiger partial charge in [-0.1, -0.05) is 0 Å². The summed E-state index contributed by atoms with van der Waals surface area (Å²) < 4.78 is 14.8. The lowest BCUT2D eigenvalue weighted by molar-refractivity contribution is -0.385. The van der Waals surface area contributed by atoms with Crippen LogP contribution in [0.2, 0.25) is 0 Å². The molecule has 2 atom stereocenters. The lowest BCUT2D eigenvalue weighted by Crippen LogP contribution is -2.42. The quantitative estimate of drug-likeness (QED) is 0.209. The normalized spacial score (nSPS) is 17.7. The zero-order valence-electron chi connectivity index (χ0n) is 23.6. The summed E-state index contributed by atoms with van der Waals surface area (Å²) in [6.45, 7) is 6.98. The molecule has 0 saturated carbocycles. The summed E-state index contributed by atoms with van der Waals surface area (Å²) in [5, 5.41) is 22.3. The molecule has 0 radical (unpaired) electrons. The smallest absolute Gasteiger partial charge is 0.331 e. The summed E-state index contributed by atoms with van der Waals surface area (Å²) in [5.74, 6) is -1.80. The van der Waals surface area contributed by atoms with Crippen molar-refractivity contribution in [3.05, 3.63) is 77.9 Å². The first kappa shape index (κ1) is 31.8. The number of esters is 1. The third-order valence-corrected chi connectivity index (χ3v) is 7.03. The van der Waals surface area contributed by atoms with Crippen LogP contribution in [-0.4, -0.2) is 89.6 Å². The Morgan fingerprint density at radius 2 is 1.24 bits per heavy atom. The van der Waals surface area contributed by atoms with Crippen LogP contribution in [0.15, 0.2) is 24.3 Å². The molecule has 15 nitrogen and oxygen atoms in total. The van der Waals surface area contributed by atoms with E-state index in [9.17, 15) is 39.4 Å². The van der Waals surface area contributed by atoms with Gasteiger partial charge in [0.25, 0.3) is 23.2 Å². The van der Waals surface area contributed by atoms with Crippen molar-refractivity contribution in [1.82, 2.24) is 9.80 Å². The fraction of sp³-hybridized carbons (Fsp3) is 0.407. The van der Waals surface area contributed by atoms with E-state index in [0.717, 1.165) is 21.6 Å². The number of nitro groups is 2. The van der Waals surface area contributed by atoms with Crippen LogP contribution in [0.5, 0.6) is 0 Å². The number of rotatable bonds is 6. The molecule has 42 heavy (non-hydrogen) atoms. The van der Waals surface area contributed by atoms with Gasteiger partial charge in [0.1, 0.15) is 36.9 Å². The standard InChI is InChI=1S/C14H16N2O6.C13H14N2O5/c1-8-4-10(11(16(19)20)5-9(8)2)13(17)15-7-22-6-12(15)14(18)21-3;1-8-3-11(12(15(18)19)4-9(8)2)13(17)14-7-20-6-10(14)5-16/h4-5,12H,6-7H2,1-3H3;3-5,10H,6-7H2,1-2H3/t12-;10-/m01/s1. The lowest BCUT2D eigenvalue weighted by Gasteiger charge is -2.20. The van der Waals surface area contributed by atoms with Crippen molar-refractivity contribution < 1.29 is 43.2 Å². The molecule has 2 aliphatic heterocycles. The number of benzene rings is 2.